The zero-order valence-electron chi connectivity index (χ0n) is 18.2. The van der Waals surface area contributed by atoms with Gasteiger partial charge in [-0.05, 0) is 42.7 Å². The van der Waals surface area contributed by atoms with Crippen LogP contribution in [0.3, 0.4) is 0 Å². The van der Waals surface area contributed by atoms with Crippen molar-refractivity contribution in [1.82, 2.24) is 15.3 Å². The van der Waals surface area contributed by atoms with E-state index < -0.39 is 30.7 Å². The Hall–Kier alpha value is -3.31. The molecule has 0 radical (unpaired) electrons. The van der Waals surface area contributed by atoms with Gasteiger partial charge < -0.3 is 20.2 Å². The minimum absolute atomic E-state index is 0. The maximum atomic E-state index is 12.9. The number of carbonyl (C=O) groups is 2. The van der Waals surface area contributed by atoms with Crippen LogP contribution in [0.5, 0.6) is 5.75 Å². The number of alkyl halides is 5. The molecule has 1 amide bonds. The highest BCUT2D eigenvalue weighted by atomic mass is 19.4. The number of carbonyl (C=O) groups excluding carboxylic acids is 2. The first-order chi connectivity index (χ1) is 15.4. The number of amides is 1. The number of hydrogen-bond donors (Lipinski definition) is 2. The van der Waals surface area contributed by atoms with Gasteiger partial charge in [-0.15, -0.1) is 0 Å². The van der Waals surface area contributed by atoms with Crippen LogP contribution in [-0.2, 0) is 4.79 Å². The molecule has 1 atom stereocenters. The largest absolute Gasteiger partial charge is 0.485 e. The number of ether oxygens (including phenoxy) is 1. The number of halogens is 5. The molecule has 0 aliphatic carbocycles. The molecule has 0 bridgehead atoms. The number of pyridine rings is 2. The standard InChI is InChI=1S/C20H23F5N4O2.CH2O.2H2/c1-12(2)9-28-17-8-14(6-7-26-17)13(3)29-18(30)16-5-4-15(10-27-16)31-11-19(21,22)20(23,24)25;1-2;;/h4-8,10,12-13H,9,11H2,1-3H3,(H,26,28)(H,29,30);1H2;2*1H. The van der Waals surface area contributed by atoms with E-state index in [-0.39, 0.29) is 14.3 Å². The second-order valence-electron chi connectivity index (χ2n) is 7.31. The number of aromatic nitrogens is 2. The summed E-state index contributed by atoms with van der Waals surface area (Å²) >= 11 is 0. The predicted octanol–water partition coefficient (Wildman–Crippen LogP) is 4.92. The molecule has 2 aromatic heterocycles. The Morgan fingerprint density at radius 2 is 1.79 bits per heavy atom. The highest BCUT2D eigenvalue weighted by Crippen LogP contribution is 2.35. The average Bonchev–Trinajstić information content (AvgIpc) is 2.77. The minimum Gasteiger partial charge on any atom is -0.485 e. The number of nitrogens with zero attached hydrogens (tertiary/aromatic N) is 2. The van der Waals surface area contributed by atoms with Crippen molar-refractivity contribution >= 4 is 18.5 Å². The van der Waals surface area contributed by atoms with Crippen LogP contribution >= 0.6 is 0 Å². The minimum atomic E-state index is -5.71. The molecule has 12 heteroatoms. The van der Waals surface area contributed by atoms with Crippen molar-refractivity contribution in [2.24, 2.45) is 5.92 Å². The monoisotopic (exact) mass is 480 g/mol. The fourth-order valence-corrected chi connectivity index (χ4v) is 2.33. The molecule has 0 aliphatic rings. The highest BCUT2D eigenvalue weighted by molar-refractivity contribution is 5.92. The van der Waals surface area contributed by atoms with E-state index in [0.29, 0.717) is 11.7 Å². The molecule has 1 unspecified atom stereocenters. The van der Waals surface area contributed by atoms with Crippen LogP contribution in [0.25, 0.3) is 0 Å². The first-order valence-electron chi connectivity index (χ1n) is 9.72. The predicted molar refractivity (Wildman–Crippen MR) is 116 cm³/mol. The fourth-order valence-electron chi connectivity index (χ4n) is 2.33. The summed E-state index contributed by atoms with van der Waals surface area (Å²) in [4.78, 5) is 28.4. The second kappa shape index (κ2) is 12.1. The molecule has 7 nitrogen and oxygen atoms in total. The lowest BCUT2D eigenvalue weighted by Gasteiger charge is -2.19. The first kappa shape index (κ1) is 27.7. The third-order valence-corrected chi connectivity index (χ3v) is 4.13. The molecule has 33 heavy (non-hydrogen) atoms. The van der Waals surface area contributed by atoms with E-state index in [2.05, 4.69) is 39.2 Å². The van der Waals surface area contributed by atoms with Gasteiger partial charge in [0.15, 0.2) is 6.61 Å². The average molecular weight is 480 g/mol. The Bertz CT molecular complexity index is 903. The van der Waals surface area contributed by atoms with E-state index in [9.17, 15) is 26.7 Å². The van der Waals surface area contributed by atoms with Gasteiger partial charge in [-0.25, -0.2) is 9.97 Å². The van der Waals surface area contributed by atoms with Crippen molar-refractivity contribution in [3.05, 3.63) is 47.9 Å². The highest BCUT2D eigenvalue weighted by Gasteiger charge is 2.58. The van der Waals surface area contributed by atoms with E-state index in [4.69, 9.17) is 4.79 Å². The Labute approximate surface area is 190 Å². The molecule has 2 rings (SSSR count). The summed E-state index contributed by atoms with van der Waals surface area (Å²) in [7, 11) is 0. The van der Waals surface area contributed by atoms with Gasteiger partial charge in [0.1, 0.15) is 24.1 Å². The van der Waals surface area contributed by atoms with Crippen molar-refractivity contribution in [3.63, 3.8) is 0 Å². The van der Waals surface area contributed by atoms with Gasteiger partial charge in [0.2, 0.25) is 0 Å². The summed E-state index contributed by atoms with van der Waals surface area (Å²) in [6.07, 6.45) is -3.19. The molecule has 0 saturated carbocycles. The van der Waals surface area contributed by atoms with Crippen LogP contribution < -0.4 is 15.4 Å². The van der Waals surface area contributed by atoms with Crippen LogP contribution in [0.1, 0.15) is 45.7 Å². The Balaban J connectivity index is 0. The van der Waals surface area contributed by atoms with E-state index in [1.54, 1.807) is 25.3 Å². The van der Waals surface area contributed by atoms with Gasteiger partial charge in [0, 0.05) is 15.6 Å². The zero-order chi connectivity index (χ0) is 25.2. The smallest absolute Gasteiger partial charge is 0.456 e. The van der Waals surface area contributed by atoms with Crippen LogP contribution in [0, 0.1) is 5.92 Å². The van der Waals surface area contributed by atoms with Crippen molar-refractivity contribution < 1.29 is 39.1 Å². The summed E-state index contributed by atoms with van der Waals surface area (Å²) in [6.45, 7) is 6.74. The normalized spacial score (nSPS) is 12.4. The topological polar surface area (TPSA) is 93.2 Å². The molecule has 2 aromatic rings. The van der Waals surface area contributed by atoms with Crippen LogP contribution in [-0.4, -0.2) is 47.9 Å². The molecular formula is C21H29F5N4O3. The van der Waals surface area contributed by atoms with Crippen molar-refractivity contribution in [2.75, 3.05) is 18.5 Å². The lowest BCUT2D eigenvalue weighted by Crippen LogP contribution is -2.41. The zero-order valence-corrected chi connectivity index (χ0v) is 18.2. The van der Waals surface area contributed by atoms with Crippen molar-refractivity contribution in [2.45, 2.75) is 38.9 Å². The quantitative estimate of drug-likeness (QED) is 0.495. The molecule has 2 heterocycles. The third-order valence-electron chi connectivity index (χ3n) is 4.13. The Kier molecular flexibility index (Phi) is 10.1. The van der Waals surface area contributed by atoms with E-state index >= 15 is 0 Å². The van der Waals surface area contributed by atoms with E-state index in [0.717, 1.165) is 24.4 Å². The first-order valence-corrected chi connectivity index (χ1v) is 9.72. The summed E-state index contributed by atoms with van der Waals surface area (Å²) in [6, 6.07) is 5.43. The van der Waals surface area contributed by atoms with Gasteiger partial charge in [-0.3, -0.25) is 4.79 Å². The Morgan fingerprint density at radius 1 is 1.12 bits per heavy atom. The molecule has 0 aromatic carbocycles. The molecule has 0 fully saturated rings. The molecule has 2 N–H and O–H groups in total. The fraction of sp³-hybridized carbons (Fsp3) is 0.429. The van der Waals surface area contributed by atoms with Gasteiger partial charge in [-0.1, -0.05) is 13.8 Å². The van der Waals surface area contributed by atoms with Gasteiger partial charge in [-0.2, -0.15) is 22.0 Å². The van der Waals surface area contributed by atoms with Gasteiger partial charge in [0.25, 0.3) is 5.91 Å². The van der Waals surface area contributed by atoms with Crippen LogP contribution in [0.2, 0.25) is 0 Å². The van der Waals surface area contributed by atoms with E-state index in [1.165, 1.54) is 6.07 Å². The molecule has 186 valence electrons. The summed E-state index contributed by atoms with van der Waals surface area (Å²) in [5, 5.41) is 5.92. The number of hydrogen-bond acceptors (Lipinski definition) is 6. The van der Waals surface area contributed by atoms with Crippen molar-refractivity contribution in [1.29, 1.82) is 0 Å². The SMILES string of the molecule is C=O.CC(C)CNc1cc(C(C)NC(=O)c2ccc(OCC(F)(F)C(F)(F)F)cn2)ccn1.[HH].[HH]. The number of rotatable bonds is 9. The third kappa shape index (κ3) is 8.62. The van der Waals surface area contributed by atoms with Crippen molar-refractivity contribution in [3.8, 4) is 5.75 Å². The number of nitrogens with one attached hydrogen (secondary N) is 2. The summed E-state index contributed by atoms with van der Waals surface area (Å²) in [5.74, 6) is -4.76. The van der Waals surface area contributed by atoms with Gasteiger partial charge >= 0.3 is 12.1 Å². The summed E-state index contributed by atoms with van der Waals surface area (Å²) < 4.78 is 66.8. The van der Waals surface area contributed by atoms with E-state index in [1.807, 2.05) is 6.79 Å². The maximum absolute atomic E-state index is 12.9. The lowest BCUT2D eigenvalue weighted by atomic mass is 10.1. The van der Waals surface area contributed by atoms with Gasteiger partial charge in [0.05, 0.1) is 12.2 Å². The molecule has 0 aliphatic heterocycles. The maximum Gasteiger partial charge on any atom is 0.456 e. The molecular weight excluding hydrogens is 451 g/mol. The summed E-state index contributed by atoms with van der Waals surface area (Å²) in [5.41, 5.74) is 0.748. The number of anilines is 1. The Morgan fingerprint density at radius 3 is 2.33 bits per heavy atom. The van der Waals surface area contributed by atoms with Crippen LogP contribution in [0.15, 0.2) is 36.7 Å². The van der Waals surface area contributed by atoms with Crippen LogP contribution in [0.4, 0.5) is 27.8 Å². The molecule has 0 spiro atoms. The lowest BCUT2D eigenvalue weighted by molar-refractivity contribution is -0.290. The molecule has 0 saturated heterocycles. The second-order valence-corrected chi connectivity index (χ2v) is 7.31.